The second-order valence-electron chi connectivity index (χ2n) is 4.89. The van der Waals surface area contributed by atoms with Gasteiger partial charge in [-0.3, -0.25) is 4.79 Å². The zero-order valence-corrected chi connectivity index (χ0v) is 14.4. The first-order valence-electron chi connectivity index (χ1n) is 7.03. The van der Waals surface area contributed by atoms with E-state index in [0.29, 0.717) is 6.54 Å². The predicted molar refractivity (Wildman–Crippen MR) is 79.9 cm³/mol. The number of aromatic nitrogens is 2. The summed E-state index contributed by atoms with van der Waals surface area (Å²) in [5, 5.41) is 0. The van der Waals surface area contributed by atoms with Crippen LogP contribution in [0.3, 0.4) is 0 Å². The van der Waals surface area contributed by atoms with Gasteiger partial charge in [0, 0.05) is 24.3 Å². The van der Waals surface area contributed by atoms with E-state index >= 15 is 0 Å². The van der Waals surface area contributed by atoms with Gasteiger partial charge in [0.15, 0.2) is 6.54 Å². The van der Waals surface area contributed by atoms with Crippen molar-refractivity contribution in [1.29, 1.82) is 0 Å². The zero-order valence-electron chi connectivity index (χ0n) is 12.8. The van der Waals surface area contributed by atoms with Crippen molar-refractivity contribution in [2.24, 2.45) is 7.05 Å². The Morgan fingerprint density at radius 2 is 1.81 bits per heavy atom. The van der Waals surface area contributed by atoms with Crippen LogP contribution < -0.4 is 26.4 Å². The van der Waals surface area contributed by atoms with Gasteiger partial charge in [0.1, 0.15) is 12.4 Å². The standard InChI is InChI=1S/C16H22N3O.BrH/c1-4-19(5-2)15-8-6-14(7-9-15)16(20)12-18-11-10-17(3)13-18;/h6-11,13H,4-5,12H2,1-3H3;1H/q+1;/p-1. The van der Waals surface area contributed by atoms with E-state index in [1.165, 1.54) is 5.69 Å². The first-order chi connectivity index (χ1) is 9.63. The van der Waals surface area contributed by atoms with Gasteiger partial charge < -0.3 is 21.9 Å². The van der Waals surface area contributed by atoms with E-state index in [-0.39, 0.29) is 22.8 Å². The van der Waals surface area contributed by atoms with Crippen molar-refractivity contribution in [2.75, 3.05) is 18.0 Å². The van der Waals surface area contributed by atoms with Crippen LogP contribution in [0.4, 0.5) is 5.69 Å². The molecule has 1 aromatic carbocycles. The van der Waals surface area contributed by atoms with Crippen molar-refractivity contribution in [1.82, 2.24) is 4.57 Å². The number of Topliss-reactive ketones (excluding diaryl/α,β-unsaturated/α-hetero) is 1. The number of carbonyl (C=O) groups is 1. The second-order valence-corrected chi connectivity index (χ2v) is 4.89. The normalized spacial score (nSPS) is 10.0. The number of aryl methyl sites for hydroxylation is 1. The molecule has 0 fully saturated rings. The van der Waals surface area contributed by atoms with Crippen molar-refractivity contribution in [3.05, 3.63) is 48.5 Å². The lowest BCUT2D eigenvalue weighted by atomic mass is 10.1. The first kappa shape index (κ1) is 17.4. The number of benzene rings is 1. The maximum absolute atomic E-state index is 12.2. The summed E-state index contributed by atoms with van der Waals surface area (Å²) in [6.45, 7) is 6.60. The Kier molecular flexibility index (Phi) is 6.62. The fourth-order valence-corrected chi connectivity index (χ4v) is 2.30. The van der Waals surface area contributed by atoms with Gasteiger partial charge in [-0.25, -0.2) is 9.13 Å². The monoisotopic (exact) mass is 351 g/mol. The number of halogens is 1. The molecule has 0 unspecified atom stereocenters. The molecule has 0 radical (unpaired) electrons. The summed E-state index contributed by atoms with van der Waals surface area (Å²) >= 11 is 0. The molecule has 0 N–H and O–H groups in total. The molecular formula is C16H22BrN3O. The fourth-order valence-electron chi connectivity index (χ4n) is 2.30. The molecule has 4 nitrogen and oxygen atoms in total. The number of rotatable bonds is 6. The number of ketones is 1. The highest BCUT2D eigenvalue weighted by Gasteiger charge is 2.11. The Labute approximate surface area is 136 Å². The van der Waals surface area contributed by atoms with Crippen molar-refractivity contribution in [3.63, 3.8) is 0 Å². The van der Waals surface area contributed by atoms with Crippen molar-refractivity contribution in [2.45, 2.75) is 20.4 Å². The molecule has 2 rings (SSSR count). The first-order valence-corrected chi connectivity index (χ1v) is 7.03. The minimum Gasteiger partial charge on any atom is -1.00 e. The third-order valence-electron chi connectivity index (χ3n) is 3.47. The molecule has 1 aromatic heterocycles. The van der Waals surface area contributed by atoms with E-state index in [0.717, 1.165) is 18.7 Å². The van der Waals surface area contributed by atoms with Gasteiger partial charge in [-0.05, 0) is 38.1 Å². The van der Waals surface area contributed by atoms with Crippen LogP contribution in [-0.2, 0) is 13.6 Å². The number of hydrogen-bond donors (Lipinski definition) is 0. The summed E-state index contributed by atoms with van der Waals surface area (Å²) in [5.74, 6) is 0.132. The van der Waals surface area contributed by atoms with E-state index < -0.39 is 0 Å². The quantitative estimate of drug-likeness (QED) is 0.495. The maximum atomic E-state index is 12.2. The molecule has 0 aliphatic rings. The largest absolute Gasteiger partial charge is 1.00 e. The van der Waals surface area contributed by atoms with Crippen LogP contribution in [0.25, 0.3) is 0 Å². The lowest BCUT2D eigenvalue weighted by Gasteiger charge is -2.20. The summed E-state index contributed by atoms with van der Waals surface area (Å²) in [5.41, 5.74) is 1.93. The molecule has 0 aliphatic carbocycles. The molecular weight excluding hydrogens is 330 g/mol. The molecule has 21 heavy (non-hydrogen) atoms. The van der Waals surface area contributed by atoms with Gasteiger partial charge in [0.25, 0.3) is 0 Å². The Balaban J connectivity index is 0.00000220. The van der Waals surface area contributed by atoms with Crippen LogP contribution in [0.2, 0.25) is 0 Å². The number of anilines is 1. The lowest BCUT2D eigenvalue weighted by Crippen LogP contribution is -3.00. The van der Waals surface area contributed by atoms with Crippen LogP contribution in [0.15, 0.2) is 43.0 Å². The van der Waals surface area contributed by atoms with Crippen LogP contribution in [-0.4, -0.2) is 23.4 Å². The summed E-state index contributed by atoms with van der Waals surface area (Å²) in [6, 6.07) is 7.88. The van der Waals surface area contributed by atoms with Crippen molar-refractivity contribution < 1.29 is 26.3 Å². The minimum absolute atomic E-state index is 0. The smallest absolute Gasteiger partial charge is 0.243 e. The van der Waals surface area contributed by atoms with Gasteiger partial charge in [-0.15, -0.1) is 0 Å². The second kappa shape index (κ2) is 7.98. The van der Waals surface area contributed by atoms with Crippen LogP contribution in [0, 0.1) is 0 Å². The molecule has 5 heteroatoms. The van der Waals surface area contributed by atoms with E-state index in [1.54, 1.807) is 0 Å². The van der Waals surface area contributed by atoms with Crippen LogP contribution >= 0.6 is 0 Å². The fraction of sp³-hybridized carbons (Fsp3) is 0.375. The van der Waals surface area contributed by atoms with Crippen molar-refractivity contribution >= 4 is 11.5 Å². The summed E-state index contributed by atoms with van der Waals surface area (Å²) in [7, 11) is 1.94. The Morgan fingerprint density at radius 1 is 1.19 bits per heavy atom. The van der Waals surface area contributed by atoms with Gasteiger partial charge in [-0.2, -0.15) is 0 Å². The van der Waals surface area contributed by atoms with Crippen LogP contribution in [0.1, 0.15) is 24.2 Å². The third-order valence-corrected chi connectivity index (χ3v) is 3.47. The summed E-state index contributed by atoms with van der Waals surface area (Å²) in [6.07, 6.45) is 5.74. The molecule has 1 heterocycles. The topological polar surface area (TPSA) is 29.1 Å². The molecule has 0 aliphatic heterocycles. The summed E-state index contributed by atoms with van der Waals surface area (Å²) in [4.78, 5) is 14.5. The average molecular weight is 352 g/mol. The SMILES string of the molecule is CCN(CC)c1ccc(C(=O)Cn2cc[n+](C)c2)cc1.[Br-]. The molecule has 0 saturated carbocycles. The van der Waals surface area contributed by atoms with Gasteiger partial charge in [0.05, 0.1) is 7.05 Å². The van der Waals surface area contributed by atoms with Gasteiger partial charge in [-0.1, -0.05) is 0 Å². The Hall–Kier alpha value is -1.62. The van der Waals surface area contributed by atoms with Gasteiger partial charge in [0.2, 0.25) is 12.1 Å². The average Bonchev–Trinajstić information content (AvgIpc) is 2.86. The highest BCUT2D eigenvalue weighted by Crippen LogP contribution is 2.15. The lowest BCUT2D eigenvalue weighted by molar-refractivity contribution is -0.671. The Bertz CT molecular complexity index is 573. The number of imidazole rings is 1. The molecule has 0 bridgehead atoms. The Morgan fingerprint density at radius 3 is 2.29 bits per heavy atom. The maximum Gasteiger partial charge on any atom is 0.243 e. The van der Waals surface area contributed by atoms with E-state index in [1.807, 2.05) is 59.2 Å². The molecule has 0 saturated heterocycles. The molecule has 0 spiro atoms. The number of hydrogen-bond acceptors (Lipinski definition) is 2. The van der Waals surface area contributed by atoms with Crippen LogP contribution in [0.5, 0.6) is 0 Å². The predicted octanol–water partition coefficient (Wildman–Crippen LogP) is -0.954. The number of nitrogens with zero attached hydrogens (tertiary/aromatic N) is 3. The molecule has 114 valence electrons. The number of carbonyl (C=O) groups excluding carboxylic acids is 1. The highest BCUT2D eigenvalue weighted by atomic mass is 79.9. The van der Waals surface area contributed by atoms with E-state index in [4.69, 9.17) is 0 Å². The van der Waals surface area contributed by atoms with Gasteiger partial charge >= 0.3 is 0 Å². The summed E-state index contributed by atoms with van der Waals surface area (Å²) < 4.78 is 3.82. The van der Waals surface area contributed by atoms with Crippen molar-refractivity contribution in [3.8, 4) is 0 Å². The van der Waals surface area contributed by atoms with E-state index in [2.05, 4.69) is 18.7 Å². The third kappa shape index (κ3) is 4.43. The molecule has 0 atom stereocenters. The highest BCUT2D eigenvalue weighted by molar-refractivity contribution is 5.96. The molecule has 0 amide bonds. The van der Waals surface area contributed by atoms with E-state index in [9.17, 15) is 4.79 Å². The zero-order chi connectivity index (χ0) is 14.5. The molecule has 2 aromatic rings. The minimum atomic E-state index is 0.